The van der Waals surface area contributed by atoms with Gasteiger partial charge in [0.1, 0.15) is 4.99 Å². The maximum absolute atomic E-state index is 13.2. The molecule has 0 amide bonds. The molecule has 1 aromatic carbocycles. The Morgan fingerprint density at radius 3 is 2.58 bits per heavy atom. The molecule has 0 aliphatic heterocycles. The van der Waals surface area contributed by atoms with E-state index < -0.39 is 5.82 Å². The summed E-state index contributed by atoms with van der Waals surface area (Å²) in [6.45, 7) is 0. The highest BCUT2D eigenvalue weighted by Crippen LogP contribution is 2.25. The lowest BCUT2D eigenvalue weighted by Gasteiger charge is -2.04. The number of rotatable bonds is 1. The Labute approximate surface area is 87.8 Å². The fraction of sp³-hybridized carbons (Fsp3) is 0. The van der Waals surface area contributed by atoms with E-state index >= 15 is 0 Å². The van der Waals surface area contributed by atoms with Crippen molar-refractivity contribution in [3.63, 3.8) is 0 Å². The molecular formula is C7H4BrClFNS. The first-order valence-electron chi connectivity index (χ1n) is 2.97. The van der Waals surface area contributed by atoms with Crippen LogP contribution in [0.4, 0.5) is 4.39 Å². The van der Waals surface area contributed by atoms with Crippen LogP contribution in [0.3, 0.4) is 0 Å². The Bertz CT molecular complexity index is 342. The zero-order valence-electron chi connectivity index (χ0n) is 5.77. The highest BCUT2D eigenvalue weighted by Gasteiger charge is 2.12. The Morgan fingerprint density at radius 1 is 1.58 bits per heavy atom. The second-order valence-corrected chi connectivity index (χ2v) is 3.78. The smallest absolute Gasteiger partial charge is 0.153 e. The molecule has 1 rings (SSSR count). The van der Waals surface area contributed by atoms with Gasteiger partial charge >= 0.3 is 0 Å². The molecule has 0 aromatic heterocycles. The van der Waals surface area contributed by atoms with Crippen LogP contribution in [-0.2, 0) is 0 Å². The van der Waals surface area contributed by atoms with Crippen molar-refractivity contribution in [3.8, 4) is 0 Å². The Hall–Kier alpha value is -0.190. The van der Waals surface area contributed by atoms with Gasteiger partial charge in [-0.1, -0.05) is 23.8 Å². The van der Waals surface area contributed by atoms with Crippen LogP contribution in [0.2, 0.25) is 5.02 Å². The summed E-state index contributed by atoms with van der Waals surface area (Å²) in [5, 5.41) is 0.0148. The van der Waals surface area contributed by atoms with Crippen molar-refractivity contribution < 1.29 is 4.39 Å². The van der Waals surface area contributed by atoms with Crippen LogP contribution in [0.15, 0.2) is 16.6 Å². The summed E-state index contributed by atoms with van der Waals surface area (Å²) in [5.74, 6) is -0.585. The van der Waals surface area contributed by atoms with Gasteiger partial charge in [-0.2, -0.15) is 0 Å². The van der Waals surface area contributed by atoms with Gasteiger partial charge in [0.15, 0.2) is 5.82 Å². The van der Waals surface area contributed by atoms with Crippen LogP contribution >= 0.6 is 39.7 Å². The molecule has 0 bridgehead atoms. The predicted molar refractivity (Wildman–Crippen MR) is 55.0 cm³/mol. The van der Waals surface area contributed by atoms with E-state index in [1.54, 1.807) is 6.07 Å². The third-order valence-electron chi connectivity index (χ3n) is 1.29. The van der Waals surface area contributed by atoms with Gasteiger partial charge in [-0.3, -0.25) is 0 Å². The number of nitrogens with two attached hydrogens (primary N) is 1. The van der Waals surface area contributed by atoms with Crippen molar-refractivity contribution in [1.82, 2.24) is 0 Å². The third-order valence-corrected chi connectivity index (χ3v) is 2.45. The fourth-order valence-electron chi connectivity index (χ4n) is 0.753. The summed E-state index contributed by atoms with van der Waals surface area (Å²) < 4.78 is 13.7. The van der Waals surface area contributed by atoms with E-state index in [1.165, 1.54) is 6.07 Å². The van der Waals surface area contributed by atoms with Crippen LogP contribution in [-0.4, -0.2) is 4.99 Å². The van der Waals surface area contributed by atoms with Crippen molar-refractivity contribution in [2.75, 3.05) is 0 Å². The summed E-state index contributed by atoms with van der Waals surface area (Å²) in [7, 11) is 0. The van der Waals surface area contributed by atoms with Gasteiger partial charge in [-0.05, 0) is 28.1 Å². The molecule has 1 aromatic rings. The average Bonchev–Trinajstić information content (AvgIpc) is 1.97. The van der Waals surface area contributed by atoms with E-state index in [2.05, 4.69) is 28.1 Å². The minimum Gasteiger partial charge on any atom is -0.389 e. The maximum Gasteiger partial charge on any atom is 0.153 e. The van der Waals surface area contributed by atoms with Crippen LogP contribution in [0.5, 0.6) is 0 Å². The molecule has 0 unspecified atom stereocenters. The number of hydrogen-bond donors (Lipinski definition) is 1. The highest BCUT2D eigenvalue weighted by molar-refractivity contribution is 9.10. The van der Waals surface area contributed by atoms with E-state index in [4.69, 9.17) is 17.3 Å². The Kier molecular flexibility index (Phi) is 3.04. The van der Waals surface area contributed by atoms with E-state index in [1.807, 2.05) is 0 Å². The van der Waals surface area contributed by atoms with Crippen LogP contribution in [0.25, 0.3) is 0 Å². The summed E-state index contributed by atoms with van der Waals surface area (Å²) in [5.41, 5.74) is 5.44. The minimum absolute atomic E-state index is 0.0122. The van der Waals surface area contributed by atoms with Crippen molar-refractivity contribution in [2.24, 2.45) is 5.73 Å². The largest absolute Gasteiger partial charge is 0.389 e. The second kappa shape index (κ2) is 3.68. The standard InChI is InChI=1S/C7H4BrClFNS/c8-3-1-2-4(9)6(10)5(3)7(11)12/h1-2H,(H2,11,12). The van der Waals surface area contributed by atoms with E-state index in [9.17, 15) is 4.39 Å². The highest BCUT2D eigenvalue weighted by atomic mass is 79.9. The number of thiocarbonyl (C=S) groups is 1. The molecule has 0 atom stereocenters. The maximum atomic E-state index is 13.2. The van der Waals surface area contributed by atoms with Gasteiger partial charge in [0.25, 0.3) is 0 Å². The van der Waals surface area contributed by atoms with Crippen LogP contribution in [0.1, 0.15) is 5.56 Å². The Balaban J connectivity index is 3.43. The third kappa shape index (κ3) is 1.76. The normalized spacial score (nSPS) is 9.92. The van der Waals surface area contributed by atoms with Crippen molar-refractivity contribution in [1.29, 1.82) is 0 Å². The van der Waals surface area contributed by atoms with Crippen molar-refractivity contribution in [3.05, 3.63) is 33.0 Å². The molecule has 0 saturated heterocycles. The van der Waals surface area contributed by atoms with Crippen LogP contribution < -0.4 is 5.73 Å². The molecule has 0 spiro atoms. The van der Waals surface area contributed by atoms with Gasteiger partial charge < -0.3 is 5.73 Å². The second-order valence-electron chi connectivity index (χ2n) is 2.08. The summed E-state index contributed by atoms with van der Waals surface area (Å²) in [6, 6.07) is 3.03. The first-order chi connectivity index (χ1) is 5.54. The van der Waals surface area contributed by atoms with Gasteiger partial charge in [-0.15, -0.1) is 0 Å². The van der Waals surface area contributed by atoms with E-state index in [-0.39, 0.29) is 15.6 Å². The summed E-state index contributed by atoms with van der Waals surface area (Å²) in [6.07, 6.45) is 0. The first-order valence-corrected chi connectivity index (χ1v) is 4.55. The van der Waals surface area contributed by atoms with E-state index in [0.29, 0.717) is 4.47 Å². The number of hydrogen-bond acceptors (Lipinski definition) is 1. The summed E-state index contributed by atoms with van der Waals surface area (Å²) in [4.78, 5) is -0.0122. The lowest BCUT2D eigenvalue weighted by Crippen LogP contribution is -2.12. The molecule has 0 saturated carbocycles. The zero-order chi connectivity index (χ0) is 9.30. The molecular weight excluding hydrogens is 265 g/mol. The van der Waals surface area contributed by atoms with Crippen molar-refractivity contribution in [2.45, 2.75) is 0 Å². The molecule has 0 aliphatic rings. The van der Waals surface area contributed by atoms with Crippen LogP contribution in [0, 0.1) is 5.82 Å². The molecule has 0 heterocycles. The molecule has 0 radical (unpaired) electrons. The lowest BCUT2D eigenvalue weighted by molar-refractivity contribution is 0.625. The zero-order valence-corrected chi connectivity index (χ0v) is 8.93. The van der Waals surface area contributed by atoms with E-state index in [0.717, 1.165) is 0 Å². The molecule has 0 fully saturated rings. The predicted octanol–water partition coefficient (Wildman–Crippen LogP) is 2.88. The van der Waals surface area contributed by atoms with Gasteiger partial charge in [0.05, 0.1) is 10.6 Å². The number of benzene rings is 1. The van der Waals surface area contributed by atoms with Gasteiger partial charge in [-0.25, -0.2) is 4.39 Å². The van der Waals surface area contributed by atoms with Gasteiger partial charge in [0, 0.05) is 4.47 Å². The molecule has 64 valence electrons. The lowest BCUT2D eigenvalue weighted by atomic mass is 10.2. The molecule has 5 heteroatoms. The molecule has 2 N–H and O–H groups in total. The minimum atomic E-state index is -0.585. The average molecular weight is 269 g/mol. The summed E-state index contributed by atoms with van der Waals surface area (Å²) >= 11 is 13.3. The number of halogens is 3. The monoisotopic (exact) mass is 267 g/mol. The molecule has 12 heavy (non-hydrogen) atoms. The molecule has 0 aliphatic carbocycles. The molecule has 1 nitrogen and oxygen atoms in total. The van der Waals surface area contributed by atoms with Crippen molar-refractivity contribution >= 4 is 44.7 Å². The fourth-order valence-corrected chi connectivity index (χ4v) is 1.76. The first kappa shape index (κ1) is 9.89. The topological polar surface area (TPSA) is 26.0 Å². The van der Waals surface area contributed by atoms with Gasteiger partial charge in [0.2, 0.25) is 0 Å². The Morgan fingerprint density at radius 2 is 2.17 bits per heavy atom. The quantitative estimate of drug-likeness (QED) is 0.626. The SMILES string of the molecule is NC(=S)c1c(Br)ccc(Cl)c1F.